The Labute approximate surface area is 94.7 Å². The summed E-state index contributed by atoms with van der Waals surface area (Å²) >= 11 is 0. The standard InChI is InChI=1S/C10H8N4O3/c1-5-7(13-17-8(5)9(15)16)6-4-14-3-2-11-10(14)12-6/h2-4H,1H3,(H,11,12)(H,15,16). The molecule has 7 nitrogen and oxygen atoms in total. The van der Waals surface area contributed by atoms with Crippen LogP contribution in [0.5, 0.6) is 0 Å². The Bertz CT molecular complexity index is 678. The molecular formula is C10H8N4O3. The molecule has 0 aromatic carbocycles. The SMILES string of the molecule is Cc1c(-c2cn3ccnc3[nH]2)noc1C(=O)O. The average molecular weight is 232 g/mol. The fourth-order valence-electron chi connectivity index (χ4n) is 1.71. The Hall–Kier alpha value is -2.57. The van der Waals surface area contributed by atoms with Crippen LogP contribution in [0.1, 0.15) is 16.1 Å². The number of carbonyl (C=O) groups is 1. The zero-order chi connectivity index (χ0) is 12.0. The summed E-state index contributed by atoms with van der Waals surface area (Å²) in [5, 5.41) is 12.6. The van der Waals surface area contributed by atoms with Gasteiger partial charge >= 0.3 is 5.97 Å². The van der Waals surface area contributed by atoms with Crippen molar-refractivity contribution in [2.24, 2.45) is 0 Å². The first kappa shape index (κ1) is 9.64. The lowest BCUT2D eigenvalue weighted by Crippen LogP contribution is -1.95. The molecule has 0 fully saturated rings. The van der Waals surface area contributed by atoms with Crippen LogP contribution in [0.15, 0.2) is 23.1 Å². The highest BCUT2D eigenvalue weighted by atomic mass is 16.5. The quantitative estimate of drug-likeness (QED) is 0.694. The fraction of sp³-hybridized carbons (Fsp3) is 0.100. The third-order valence-electron chi connectivity index (χ3n) is 2.56. The zero-order valence-corrected chi connectivity index (χ0v) is 8.84. The van der Waals surface area contributed by atoms with E-state index < -0.39 is 5.97 Å². The zero-order valence-electron chi connectivity index (χ0n) is 8.84. The van der Waals surface area contributed by atoms with Crippen LogP contribution in [-0.4, -0.2) is 30.6 Å². The summed E-state index contributed by atoms with van der Waals surface area (Å²) in [6.45, 7) is 1.65. The largest absolute Gasteiger partial charge is 0.475 e. The maximum absolute atomic E-state index is 10.8. The molecule has 2 N–H and O–H groups in total. The van der Waals surface area contributed by atoms with Gasteiger partial charge in [0.1, 0.15) is 5.69 Å². The van der Waals surface area contributed by atoms with Crippen LogP contribution in [0.4, 0.5) is 0 Å². The van der Waals surface area contributed by atoms with Gasteiger partial charge in [-0.25, -0.2) is 9.78 Å². The van der Waals surface area contributed by atoms with Crippen molar-refractivity contribution in [1.29, 1.82) is 0 Å². The number of nitrogens with zero attached hydrogens (tertiary/aromatic N) is 3. The van der Waals surface area contributed by atoms with Crippen LogP contribution in [0.2, 0.25) is 0 Å². The Balaban J connectivity index is 2.15. The molecule has 7 heteroatoms. The Morgan fingerprint density at radius 3 is 3.06 bits per heavy atom. The van der Waals surface area contributed by atoms with E-state index in [4.69, 9.17) is 9.63 Å². The van der Waals surface area contributed by atoms with Gasteiger partial charge in [0.15, 0.2) is 0 Å². The van der Waals surface area contributed by atoms with E-state index in [0.29, 0.717) is 22.7 Å². The maximum atomic E-state index is 10.8. The van der Waals surface area contributed by atoms with Crippen LogP contribution in [0.25, 0.3) is 17.2 Å². The molecule has 17 heavy (non-hydrogen) atoms. The molecule has 0 atom stereocenters. The molecule has 0 saturated carbocycles. The molecule has 0 spiro atoms. The van der Waals surface area contributed by atoms with Crippen LogP contribution in [-0.2, 0) is 0 Å². The van der Waals surface area contributed by atoms with Gasteiger partial charge in [0.25, 0.3) is 0 Å². The summed E-state index contributed by atoms with van der Waals surface area (Å²) in [6.07, 6.45) is 5.22. The minimum absolute atomic E-state index is 0.146. The van der Waals surface area contributed by atoms with Crippen LogP contribution >= 0.6 is 0 Å². The van der Waals surface area contributed by atoms with Crippen molar-refractivity contribution < 1.29 is 14.4 Å². The van der Waals surface area contributed by atoms with Crippen molar-refractivity contribution in [2.45, 2.75) is 6.92 Å². The second-order valence-electron chi connectivity index (χ2n) is 3.62. The Morgan fingerprint density at radius 1 is 1.59 bits per heavy atom. The van der Waals surface area contributed by atoms with Gasteiger partial charge in [-0.15, -0.1) is 0 Å². The van der Waals surface area contributed by atoms with E-state index in [1.54, 1.807) is 29.9 Å². The van der Waals surface area contributed by atoms with Crippen molar-refractivity contribution in [3.05, 3.63) is 29.9 Å². The number of imidazole rings is 2. The highest BCUT2D eigenvalue weighted by Gasteiger charge is 2.20. The topological polar surface area (TPSA) is 96.4 Å². The van der Waals surface area contributed by atoms with Gasteiger partial charge < -0.3 is 14.6 Å². The minimum Gasteiger partial charge on any atom is -0.475 e. The lowest BCUT2D eigenvalue weighted by molar-refractivity contribution is 0.0651. The van der Waals surface area contributed by atoms with E-state index in [9.17, 15) is 4.79 Å². The highest BCUT2D eigenvalue weighted by Crippen LogP contribution is 2.23. The number of hydrogen-bond acceptors (Lipinski definition) is 4. The lowest BCUT2D eigenvalue weighted by atomic mass is 10.2. The molecule has 0 unspecified atom stereocenters. The molecule has 0 aliphatic carbocycles. The number of carboxylic acids is 1. The normalized spacial score (nSPS) is 11.1. The van der Waals surface area contributed by atoms with Gasteiger partial charge in [-0.1, -0.05) is 5.16 Å². The smallest absolute Gasteiger partial charge is 0.375 e. The first-order valence-corrected chi connectivity index (χ1v) is 4.88. The predicted molar refractivity (Wildman–Crippen MR) is 56.7 cm³/mol. The maximum Gasteiger partial charge on any atom is 0.375 e. The number of nitrogens with one attached hydrogen (secondary N) is 1. The number of aromatic carboxylic acids is 1. The number of H-pyrrole nitrogens is 1. The van der Waals surface area contributed by atoms with Crippen LogP contribution < -0.4 is 0 Å². The van der Waals surface area contributed by atoms with E-state index in [-0.39, 0.29) is 5.76 Å². The van der Waals surface area contributed by atoms with Crippen molar-refractivity contribution in [3.63, 3.8) is 0 Å². The molecule has 0 saturated heterocycles. The molecule has 0 amide bonds. The van der Waals surface area contributed by atoms with E-state index in [1.807, 2.05) is 0 Å². The molecule has 3 aromatic heterocycles. The molecule has 86 valence electrons. The molecule has 3 heterocycles. The highest BCUT2D eigenvalue weighted by molar-refractivity contribution is 5.88. The summed E-state index contributed by atoms with van der Waals surface area (Å²) in [5.74, 6) is -0.607. The lowest BCUT2D eigenvalue weighted by Gasteiger charge is -1.91. The van der Waals surface area contributed by atoms with Crippen molar-refractivity contribution in [3.8, 4) is 11.4 Å². The summed E-state index contributed by atoms with van der Waals surface area (Å²) < 4.78 is 6.57. The third kappa shape index (κ3) is 1.32. The van der Waals surface area contributed by atoms with E-state index >= 15 is 0 Å². The second-order valence-corrected chi connectivity index (χ2v) is 3.62. The number of fused-ring (bicyclic) bond motifs is 1. The molecule has 3 rings (SSSR count). The summed E-state index contributed by atoms with van der Waals surface area (Å²) in [7, 11) is 0. The van der Waals surface area contributed by atoms with Gasteiger partial charge in [0.2, 0.25) is 11.5 Å². The number of rotatable bonds is 2. The van der Waals surface area contributed by atoms with Gasteiger partial charge in [-0.05, 0) is 6.92 Å². The third-order valence-corrected chi connectivity index (χ3v) is 2.56. The Morgan fingerprint density at radius 2 is 2.41 bits per heavy atom. The van der Waals surface area contributed by atoms with Crippen LogP contribution in [0.3, 0.4) is 0 Å². The van der Waals surface area contributed by atoms with Gasteiger partial charge in [-0.3, -0.25) is 4.40 Å². The van der Waals surface area contributed by atoms with E-state index in [2.05, 4.69) is 15.1 Å². The monoisotopic (exact) mass is 232 g/mol. The molecule has 0 aliphatic heterocycles. The summed E-state index contributed by atoms with van der Waals surface area (Å²) in [5.41, 5.74) is 1.64. The fourth-order valence-corrected chi connectivity index (χ4v) is 1.71. The van der Waals surface area contributed by atoms with Crippen molar-refractivity contribution in [2.75, 3.05) is 0 Å². The number of aromatic amines is 1. The molecule has 0 bridgehead atoms. The first-order valence-electron chi connectivity index (χ1n) is 4.88. The van der Waals surface area contributed by atoms with E-state index in [1.165, 1.54) is 0 Å². The molecule has 0 aliphatic rings. The second kappa shape index (κ2) is 3.21. The summed E-state index contributed by atoms with van der Waals surface area (Å²) in [6, 6.07) is 0. The van der Waals surface area contributed by atoms with Crippen molar-refractivity contribution in [1.82, 2.24) is 19.5 Å². The average Bonchev–Trinajstić information content (AvgIpc) is 2.88. The summed E-state index contributed by atoms with van der Waals surface area (Å²) in [4.78, 5) is 17.9. The number of hydrogen-bond donors (Lipinski definition) is 2. The minimum atomic E-state index is -1.13. The first-order chi connectivity index (χ1) is 8.16. The predicted octanol–water partition coefficient (Wildman–Crippen LogP) is 1.32. The number of aromatic nitrogens is 4. The van der Waals surface area contributed by atoms with Gasteiger partial charge in [-0.2, -0.15) is 0 Å². The van der Waals surface area contributed by atoms with Gasteiger partial charge in [0.05, 0.1) is 5.69 Å². The van der Waals surface area contributed by atoms with Gasteiger partial charge in [0, 0.05) is 24.2 Å². The molecular weight excluding hydrogens is 224 g/mol. The van der Waals surface area contributed by atoms with E-state index in [0.717, 1.165) is 0 Å². The molecule has 0 radical (unpaired) electrons. The number of carboxylic acid groups (broad SMARTS) is 1. The Kier molecular flexibility index (Phi) is 1.82. The van der Waals surface area contributed by atoms with Crippen molar-refractivity contribution >= 4 is 11.7 Å². The van der Waals surface area contributed by atoms with Crippen LogP contribution in [0, 0.1) is 6.92 Å². The molecule has 3 aromatic rings.